The molecule has 6 nitrogen and oxygen atoms in total. The topological polar surface area (TPSA) is 73.8 Å². The van der Waals surface area contributed by atoms with Gasteiger partial charge in [-0.2, -0.15) is 8.42 Å². The van der Waals surface area contributed by atoms with Crippen LogP contribution in [0.25, 0.3) is 33.4 Å². The van der Waals surface area contributed by atoms with Crippen LogP contribution in [0.15, 0.2) is 57.8 Å². The highest BCUT2D eigenvalue weighted by Crippen LogP contribution is 2.47. The molecule has 1 N–H and O–H groups in total. The van der Waals surface area contributed by atoms with Crippen LogP contribution in [-0.2, 0) is 10.1 Å². The van der Waals surface area contributed by atoms with Gasteiger partial charge in [-0.05, 0) is 58.0 Å². The molecule has 0 atom stereocenters. The summed E-state index contributed by atoms with van der Waals surface area (Å²) in [5, 5.41) is 1.86. The Hall–Kier alpha value is -2.58. The number of hydrogen-bond donors (Lipinski definition) is 1. The molecule has 9 heteroatoms. The van der Waals surface area contributed by atoms with E-state index in [0.717, 1.165) is 48.2 Å². The molecule has 0 fully saturated rings. The molecule has 0 unspecified atom stereocenters. The quantitative estimate of drug-likeness (QED) is 0.164. The van der Waals surface area contributed by atoms with Crippen LogP contribution in [0.4, 0.5) is 5.69 Å². The van der Waals surface area contributed by atoms with Gasteiger partial charge in [0.1, 0.15) is 29.3 Å². The first-order valence-corrected chi connectivity index (χ1v) is 14.1. The summed E-state index contributed by atoms with van der Waals surface area (Å²) in [7, 11) is -4.56. The molecule has 0 saturated heterocycles. The number of hydrogen-bond acceptors (Lipinski definition) is 4. The third-order valence-electron chi connectivity index (χ3n) is 6.53. The fourth-order valence-corrected chi connectivity index (χ4v) is 6.09. The highest BCUT2D eigenvalue weighted by Gasteiger charge is 2.26. The molecule has 190 valence electrons. The van der Waals surface area contributed by atoms with E-state index in [9.17, 15) is 13.0 Å². The summed E-state index contributed by atoms with van der Waals surface area (Å²) in [4.78, 5) is 1.81. The summed E-state index contributed by atoms with van der Waals surface area (Å²) in [5.41, 5.74) is 3.31. The van der Waals surface area contributed by atoms with Crippen molar-refractivity contribution >= 4 is 50.0 Å². The van der Waals surface area contributed by atoms with E-state index in [2.05, 4.69) is 37.2 Å². The number of anilines is 1. The van der Waals surface area contributed by atoms with E-state index < -0.39 is 15.0 Å². The zero-order valence-corrected chi connectivity index (χ0v) is 23.0. The van der Waals surface area contributed by atoms with Crippen LogP contribution < -0.4 is 14.8 Å². The number of fused-ring (bicyclic) bond motifs is 2. The van der Waals surface area contributed by atoms with Gasteiger partial charge in [-0.15, -0.1) is 0 Å². The van der Waals surface area contributed by atoms with Crippen LogP contribution in [0.3, 0.4) is 0 Å². The predicted octanol–water partition coefficient (Wildman–Crippen LogP) is 6.42. The Labute approximate surface area is 221 Å². The average molecular weight is 549 g/mol. The number of halogens is 2. The molecule has 1 aliphatic heterocycles. The number of rotatable bonds is 7. The molecule has 0 aromatic heterocycles. The molecular weight excluding hydrogens is 519 g/mol. The van der Waals surface area contributed by atoms with Crippen molar-refractivity contribution in [3.8, 4) is 22.5 Å². The summed E-state index contributed by atoms with van der Waals surface area (Å²) < 4.78 is 42.5. The van der Waals surface area contributed by atoms with Crippen molar-refractivity contribution < 1.29 is 17.4 Å². The molecule has 36 heavy (non-hydrogen) atoms. The monoisotopic (exact) mass is 547 g/mol. The highest BCUT2D eigenvalue weighted by atomic mass is 35.5. The molecule has 0 bridgehead atoms. The normalized spacial score (nSPS) is 11.9. The molecule has 0 radical (unpaired) electrons. The molecule has 0 spiro atoms. The lowest BCUT2D eigenvalue weighted by atomic mass is 9.93. The molecule has 2 aromatic carbocycles. The standard InChI is InChI=1S/C27H28Cl2N2O4S/c1-5-30(6-2)17-9-11-19-22(15-17)35-23-16-18(31(7-3)8-4)10-12-20(23)25(19)26-21(28)13-14-24(27(26)29)36(32,33)34/h9-16H,5-8H2,1-4H3/p+1. The summed E-state index contributed by atoms with van der Waals surface area (Å²) in [6.45, 7) is 11.7. The molecular formula is C27H29Cl2N2O4S+. The van der Waals surface area contributed by atoms with Crippen LogP contribution in [0.5, 0.6) is 0 Å². The molecule has 0 saturated carbocycles. The zero-order valence-electron chi connectivity index (χ0n) is 20.7. The van der Waals surface area contributed by atoms with Gasteiger partial charge < -0.3 is 9.32 Å². The maximum absolute atomic E-state index is 12.0. The van der Waals surface area contributed by atoms with E-state index in [1.165, 1.54) is 12.1 Å². The largest absolute Gasteiger partial charge is 0.456 e. The first-order chi connectivity index (χ1) is 17.1. The van der Waals surface area contributed by atoms with Gasteiger partial charge in [0.05, 0.1) is 16.1 Å². The average Bonchev–Trinajstić information content (AvgIpc) is 2.84. The maximum Gasteiger partial charge on any atom is 0.296 e. The van der Waals surface area contributed by atoms with E-state index in [0.29, 0.717) is 22.5 Å². The van der Waals surface area contributed by atoms with Gasteiger partial charge in [-0.25, -0.2) is 4.58 Å². The first-order valence-electron chi connectivity index (χ1n) is 11.9. The SMILES string of the molecule is CCN(CC)c1ccc2c(-c3c(Cl)ccc(S(=O)(=O)O)c3Cl)c3ccc(=[N+](CC)CC)cc-3oc2c1. The number of nitrogens with zero attached hydrogens (tertiary/aromatic N) is 2. The van der Waals surface area contributed by atoms with Gasteiger partial charge in [-0.3, -0.25) is 4.55 Å². The first kappa shape index (κ1) is 26.5. The molecule has 4 rings (SSSR count). The minimum absolute atomic E-state index is 0.139. The minimum Gasteiger partial charge on any atom is -0.456 e. The van der Waals surface area contributed by atoms with Crippen molar-refractivity contribution in [3.63, 3.8) is 0 Å². The van der Waals surface area contributed by atoms with E-state index in [1.807, 2.05) is 36.4 Å². The second kappa shape index (κ2) is 10.4. The van der Waals surface area contributed by atoms with Gasteiger partial charge >= 0.3 is 0 Å². The third-order valence-corrected chi connectivity index (χ3v) is 8.25. The molecule has 1 aliphatic carbocycles. The van der Waals surface area contributed by atoms with Crippen molar-refractivity contribution in [3.05, 3.63) is 63.9 Å². The van der Waals surface area contributed by atoms with Crippen molar-refractivity contribution in [1.29, 1.82) is 0 Å². The predicted molar refractivity (Wildman–Crippen MR) is 148 cm³/mol. The van der Waals surface area contributed by atoms with Crippen molar-refractivity contribution in [2.75, 3.05) is 31.1 Å². The van der Waals surface area contributed by atoms with E-state index in [1.54, 1.807) is 0 Å². The van der Waals surface area contributed by atoms with Crippen molar-refractivity contribution in [1.82, 2.24) is 4.58 Å². The highest BCUT2D eigenvalue weighted by molar-refractivity contribution is 7.86. The molecule has 2 aliphatic rings. The second-order valence-corrected chi connectivity index (χ2v) is 10.6. The van der Waals surface area contributed by atoms with Crippen LogP contribution in [0.2, 0.25) is 10.0 Å². The Kier molecular flexibility index (Phi) is 7.67. The Bertz CT molecular complexity index is 1590. The Morgan fingerprint density at radius 2 is 1.61 bits per heavy atom. The number of benzene rings is 3. The van der Waals surface area contributed by atoms with Gasteiger partial charge in [0.25, 0.3) is 10.1 Å². The molecule has 2 aromatic rings. The van der Waals surface area contributed by atoms with E-state index in [4.69, 9.17) is 27.6 Å². The van der Waals surface area contributed by atoms with Crippen LogP contribution in [0.1, 0.15) is 27.7 Å². The summed E-state index contributed by atoms with van der Waals surface area (Å²) in [6, 6.07) is 14.5. The van der Waals surface area contributed by atoms with E-state index in [-0.39, 0.29) is 10.0 Å². The zero-order chi connectivity index (χ0) is 26.2. The van der Waals surface area contributed by atoms with E-state index >= 15 is 0 Å². The second-order valence-electron chi connectivity index (χ2n) is 8.39. The van der Waals surface area contributed by atoms with Crippen molar-refractivity contribution in [2.45, 2.75) is 32.6 Å². The molecule has 1 heterocycles. The minimum atomic E-state index is -4.56. The fraction of sp³-hybridized carbons (Fsp3) is 0.296. The summed E-state index contributed by atoms with van der Waals surface area (Å²) in [6.07, 6.45) is 0. The smallest absolute Gasteiger partial charge is 0.296 e. The van der Waals surface area contributed by atoms with Gasteiger partial charge in [-0.1, -0.05) is 23.2 Å². The fourth-order valence-electron chi connectivity index (χ4n) is 4.67. The van der Waals surface area contributed by atoms with Gasteiger partial charge in [0.15, 0.2) is 0 Å². The maximum atomic E-state index is 12.0. The lowest BCUT2D eigenvalue weighted by molar-refractivity contribution is 0.483. The van der Waals surface area contributed by atoms with Gasteiger partial charge in [0, 0.05) is 53.0 Å². The Morgan fingerprint density at radius 3 is 2.22 bits per heavy atom. The third kappa shape index (κ3) is 4.73. The lowest BCUT2D eigenvalue weighted by Crippen LogP contribution is -2.29. The van der Waals surface area contributed by atoms with Crippen LogP contribution in [0, 0.1) is 0 Å². The van der Waals surface area contributed by atoms with Crippen molar-refractivity contribution in [2.24, 2.45) is 0 Å². The Balaban J connectivity index is 2.19. The lowest BCUT2D eigenvalue weighted by Gasteiger charge is -2.23. The van der Waals surface area contributed by atoms with Crippen LogP contribution in [-0.4, -0.2) is 39.1 Å². The molecule has 0 amide bonds. The van der Waals surface area contributed by atoms with Gasteiger partial charge in [0.2, 0.25) is 5.36 Å². The van der Waals surface area contributed by atoms with Crippen LogP contribution >= 0.6 is 23.2 Å². The summed E-state index contributed by atoms with van der Waals surface area (Å²) in [5.74, 6) is 0.614. The Morgan fingerprint density at radius 1 is 0.917 bits per heavy atom. The summed E-state index contributed by atoms with van der Waals surface area (Å²) >= 11 is 13.2.